The molecule has 2 fully saturated rings. The van der Waals surface area contributed by atoms with Gasteiger partial charge >= 0.3 is 0 Å². The predicted molar refractivity (Wildman–Crippen MR) is 83.2 cm³/mol. The van der Waals surface area contributed by atoms with Crippen molar-refractivity contribution in [2.24, 2.45) is 5.92 Å². The molecule has 4 nitrogen and oxygen atoms in total. The third kappa shape index (κ3) is 3.87. The van der Waals surface area contributed by atoms with Crippen LogP contribution in [0.4, 0.5) is 0 Å². The molecule has 1 saturated carbocycles. The van der Waals surface area contributed by atoms with E-state index in [2.05, 4.69) is 13.8 Å². The highest BCUT2D eigenvalue weighted by Gasteiger charge is 2.42. The fraction of sp³-hybridized carbons (Fsp3) is 1.00. The van der Waals surface area contributed by atoms with E-state index in [0.29, 0.717) is 24.9 Å². The third-order valence-electron chi connectivity index (χ3n) is 4.22. The first kappa shape index (κ1) is 16.5. The van der Waals surface area contributed by atoms with Gasteiger partial charge in [-0.1, -0.05) is 20.3 Å². The minimum atomic E-state index is -3.34. The molecule has 20 heavy (non-hydrogen) atoms. The fourth-order valence-electron chi connectivity index (χ4n) is 2.80. The van der Waals surface area contributed by atoms with Crippen molar-refractivity contribution in [3.63, 3.8) is 0 Å². The van der Waals surface area contributed by atoms with E-state index in [9.17, 15) is 8.42 Å². The van der Waals surface area contributed by atoms with Crippen molar-refractivity contribution < 1.29 is 8.42 Å². The lowest BCUT2D eigenvalue weighted by atomic mass is 10.1. The summed E-state index contributed by atoms with van der Waals surface area (Å²) in [5, 5.41) is 0. The number of halogens is 1. The van der Waals surface area contributed by atoms with Crippen LogP contribution in [-0.4, -0.2) is 48.1 Å². The quantitative estimate of drug-likeness (QED) is 0.676. The Morgan fingerprint density at radius 1 is 1.25 bits per heavy atom. The van der Waals surface area contributed by atoms with Crippen LogP contribution in [-0.2, 0) is 10.2 Å². The zero-order valence-electron chi connectivity index (χ0n) is 12.6. The van der Waals surface area contributed by atoms with E-state index in [4.69, 9.17) is 11.6 Å². The lowest BCUT2D eigenvalue weighted by Crippen LogP contribution is -2.52. The number of alkyl halides is 1. The van der Waals surface area contributed by atoms with Crippen LogP contribution < -0.4 is 0 Å². The van der Waals surface area contributed by atoms with Crippen LogP contribution in [0, 0.1) is 5.92 Å². The SMILES string of the molecule is CC(C)CCN(C1CC1)S(=O)(=O)N1CCCCC1CCl. The van der Waals surface area contributed by atoms with E-state index in [1.54, 1.807) is 8.61 Å². The standard InChI is InChI=1S/C14H27ClN2O2S/c1-12(2)8-10-17(13-6-7-13)20(18,19)16-9-4-3-5-14(16)11-15/h12-14H,3-11H2,1-2H3. The van der Waals surface area contributed by atoms with Crippen molar-refractivity contribution in [3.8, 4) is 0 Å². The van der Waals surface area contributed by atoms with Gasteiger partial charge in [0, 0.05) is 31.1 Å². The van der Waals surface area contributed by atoms with Gasteiger partial charge in [0.2, 0.25) is 0 Å². The van der Waals surface area contributed by atoms with Gasteiger partial charge < -0.3 is 0 Å². The highest BCUT2D eigenvalue weighted by atomic mass is 35.5. The van der Waals surface area contributed by atoms with Crippen LogP contribution in [0.3, 0.4) is 0 Å². The van der Waals surface area contributed by atoms with Crippen molar-refractivity contribution in [2.45, 2.75) is 64.5 Å². The van der Waals surface area contributed by atoms with Crippen LogP contribution in [0.15, 0.2) is 0 Å². The highest BCUT2D eigenvalue weighted by molar-refractivity contribution is 7.86. The summed E-state index contributed by atoms with van der Waals surface area (Å²) in [7, 11) is -3.34. The molecule has 0 N–H and O–H groups in total. The summed E-state index contributed by atoms with van der Waals surface area (Å²) in [6, 6.07) is 0.215. The van der Waals surface area contributed by atoms with Gasteiger partial charge in [0.25, 0.3) is 10.2 Å². The summed E-state index contributed by atoms with van der Waals surface area (Å²) in [6.45, 7) is 5.56. The molecular formula is C14H27ClN2O2S. The minimum Gasteiger partial charge on any atom is -0.195 e. The molecule has 1 saturated heterocycles. The molecule has 6 heteroatoms. The molecule has 1 unspecified atom stereocenters. The molecule has 1 heterocycles. The molecule has 118 valence electrons. The Hall–Kier alpha value is 0.160. The van der Waals surface area contributed by atoms with Crippen molar-refractivity contribution in [3.05, 3.63) is 0 Å². The topological polar surface area (TPSA) is 40.6 Å². The summed E-state index contributed by atoms with van der Waals surface area (Å²) in [4.78, 5) is 0. The monoisotopic (exact) mass is 322 g/mol. The van der Waals surface area contributed by atoms with Crippen molar-refractivity contribution in [1.29, 1.82) is 0 Å². The molecule has 2 rings (SSSR count). The Labute approximate surface area is 128 Å². The number of piperidine rings is 1. The largest absolute Gasteiger partial charge is 0.282 e. The molecule has 2 aliphatic rings. The summed E-state index contributed by atoms with van der Waals surface area (Å²) in [5.41, 5.74) is 0. The van der Waals surface area contributed by atoms with Gasteiger partial charge in [-0.2, -0.15) is 17.0 Å². The van der Waals surface area contributed by atoms with Crippen LogP contribution >= 0.6 is 11.6 Å². The van der Waals surface area contributed by atoms with E-state index in [1.165, 1.54) is 0 Å². The second-order valence-corrected chi connectivity index (χ2v) is 8.59. The fourth-order valence-corrected chi connectivity index (χ4v) is 5.31. The Bertz CT molecular complexity index is 409. The molecule has 1 atom stereocenters. The minimum absolute atomic E-state index is 0.0179. The molecule has 1 aliphatic heterocycles. The Morgan fingerprint density at radius 2 is 1.95 bits per heavy atom. The van der Waals surface area contributed by atoms with E-state index < -0.39 is 10.2 Å². The molecule has 0 aromatic heterocycles. The number of hydrogen-bond donors (Lipinski definition) is 0. The maximum Gasteiger partial charge on any atom is 0.282 e. The molecular weight excluding hydrogens is 296 g/mol. The van der Waals surface area contributed by atoms with Crippen LogP contribution in [0.1, 0.15) is 52.4 Å². The second-order valence-electron chi connectivity index (χ2n) is 6.45. The van der Waals surface area contributed by atoms with E-state index >= 15 is 0 Å². The van der Waals surface area contributed by atoms with Gasteiger partial charge in [0.05, 0.1) is 0 Å². The average Bonchev–Trinajstić information content (AvgIpc) is 3.23. The van der Waals surface area contributed by atoms with Gasteiger partial charge in [-0.15, -0.1) is 11.6 Å². The maximum absolute atomic E-state index is 12.9. The summed E-state index contributed by atoms with van der Waals surface area (Å²) in [6.07, 6.45) is 5.88. The van der Waals surface area contributed by atoms with Gasteiger partial charge in [-0.25, -0.2) is 0 Å². The van der Waals surface area contributed by atoms with Gasteiger partial charge in [0.1, 0.15) is 0 Å². The lowest BCUT2D eigenvalue weighted by molar-refractivity contribution is 0.241. The Morgan fingerprint density at radius 3 is 2.50 bits per heavy atom. The zero-order chi connectivity index (χ0) is 14.8. The van der Waals surface area contributed by atoms with E-state index in [0.717, 1.165) is 38.5 Å². The molecule has 0 amide bonds. The number of rotatable bonds is 7. The highest BCUT2D eigenvalue weighted by Crippen LogP contribution is 2.33. The van der Waals surface area contributed by atoms with Crippen LogP contribution in [0.2, 0.25) is 0 Å². The molecule has 0 radical (unpaired) electrons. The maximum atomic E-state index is 12.9. The summed E-state index contributed by atoms with van der Waals surface area (Å²) >= 11 is 5.98. The number of nitrogens with zero attached hydrogens (tertiary/aromatic N) is 2. The second kappa shape index (κ2) is 6.95. The first-order chi connectivity index (χ1) is 9.46. The van der Waals surface area contributed by atoms with Crippen LogP contribution in [0.25, 0.3) is 0 Å². The third-order valence-corrected chi connectivity index (χ3v) is 6.73. The van der Waals surface area contributed by atoms with Crippen molar-refractivity contribution in [2.75, 3.05) is 19.0 Å². The average molecular weight is 323 g/mol. The Kier molecular flexibility index (Phi) is 5.74. The first-order valence-corrected chi connectivity index (χ1v) is 9.74. The Balaban J connectivity index is 2.12. The summed E-state index contributed by atoms with van der Waals surface area (Å²) in [5.74, 6) is 0.929. The van der Waals surface area contributed by atoms with Gasteiger partial charge in [-0.3, -0.25) is 0 Å². The molecule has 0 bridgehead atoms. The van der Waals surface area contributed by atoms with Crippen molar-refractivity contribution >= 4 is 21.8 Å². The van der Waals surface area contributed by atoms with Crippen molar-refractivity contribution in [1.82, 2.24) is 8.61 Å². The van der Waals surface area contributed by atoms with E-state index in [-0.39, 0.29) is 12.1 Å². The van der Waals surface area contributed by atoms with Gasteiger partial charge in [0.15, 0.2) is 0 Å². The van der Waals surface area contributed by atoms with Gasteiger partial charge in [-0.05, 0) is 38.0 Å². The molecule has 0 aromatic rings. The molecule has 1 aliphatic carbocycles. The molecule has 0 spiro atoms. The smallest absolute Gasteiger partial charge is 0.195 e. The zero-order valence-corrected chi connectivity index (χ0v) is 14.2. The predicted octanol–water partition coefficient (Wildman–Crippen LogP) is 2.84. The normalized spacial score (nSPS) is 25.6. The lowest BCUT2D eigenvalue weighted by Gasteiger charge is -2.37. The van der Waals surface area contributed by atoms with Crippen LogP contribution in [0.5, 0.6) is 0 Å². The summed E-state index contributed by atoms with van der Waals surface area (Å²) < 4.78 is 29.3. The molecule has 0 aromatic carbocycles. The number of hydrogen-bond acceptors (Lipinski definition) is 2. The van der Waals surface area contributed by atoms with E-state index in [1.807, 2.05) is 0 Å². The first-order valence-electron chi connectivity index (χ1n) is 7.81.